The maximum Gasteiger partial charge on any atom is 0.228 e. The lowest BCUT2D eigenvalue weighted by Crippen LogP contribution is -2.38. The van der Waals surface area contributed by atoms with Gasteiger partial charge in [-0.1, -0.05) is 32.9 Å². The van der Waals surface area contributed by atoms with Gasteiger partial charge in [0.25, 0.3) is 0 Å². The number of nitrogens with one attached hydrogen (secondary N) is 1. The minimum atomic E-state index is -0.114. The lowest BCUT2D eigenvalue weighted by Gasteiger charge is -2.31. The SMILES string of the molecule is Cc1cccc(-n2nc(C(C)(C)C)cc2NC(=O)C2CCN(c3cnccn3)CC2)c1. The molecule has 1 amide bonds. The number of aryl methyl sites for hydroxylation is 1. The van der Waals surface area contributed by atoms with Crippen molar-refractivity contribution in [2.24, 2.45) is 5.92 Å². The van der Waals surface area contributed by atoms with Crippen molar-refractivity contribution in [3.8, 4) is 5.69 Å². The molecule has 3 aromatic rings. The van der Waals surface area contributed by atoms with Crippen LogP contribution in [0.4, 0.5) is 11.6 Å². The van der Waals surface area contributed by atoms with Crippen LogP contribution in [0.1, 0.15) is 44.9 Å². The Morgan fingerprint density at radius 2 is 1.90 bits per heavy atom. The van der Waals surface area contributed by atoms with Crippen LogP contribution in [0.2, 0.25) is 0 Å². The van der Waals surface area contributed by atoms with Crippen LogP contribution in [0.5, 0.6) is 0 Å². The highest BCUT2D eigenvalue weighted by Crippen LogP contribution is 2.28. The average molecular weight is 419 g/mol. The molecule has 0 aliphatic carbocycles. The molecule has 1 aliphatic heterocycles. The number of carbonyl (C=O) groups excluding carboxylic acids is 1. The highest BCUT2D eigenvalue weighted by Gasteiger charge is 2.28. The number of hydrogen-bond acceptors (Lipinski definition) is 5. The first-order valence-corrected chi connectivity index (χ1v) is 10.8. The molecule has 0 atom stereocenters. The maximum absolute atomic E-state index is 13.1. The topological polar surface area (TPSA) is 75.9 Å². The van der Waals surface area contributed by atoms with E-state index in [9.17, 15) is 4.79 Å². The molecule has 4 rings (SSSR count). The van der Waals surface area contributed by atoms with Crippen molar-refractivity contribution < 1.29 is 4.79 Å². The van der Waals surface area contributed by atoms with Crippen molar-refractivity contribution in [1.29, 1.82) is 0 Å². The summed E-state index contributed by atoms with van der Waals surface area (Å²) >= 11 is 0. The third kappa shape index (κ3) is 4.76. The average Bonchev–Trinajstić information content (AvgIpc) is 3.19. The zero-order valence-electron chi connectivity index (χ0n) is 18.7. The number of anilines is 2. The van der Waals surface area contributed by atoms with E-state index in [0.717, 1.165) is 54.5 Å². The van der Waals surface area contributed by atoms with Gasteiger partial charge in [-0.25, -0.2) is 9.67 Å². The van der Waals surface area contributed by atoms with Gasteiger partial charge in [-0.3, -0.25) is 9.78 Å². The van der Waals surface area contributed by atoms with Crippen LogP contribution in [0, 0.1) is 12.8 Å². The number of amides is 1. The first-order valence-electron chi connectivity index (χ1n) is 10.8. The summed E-state index contributed by atoms with van der Waals surface area (Å²) in [6, 6.07) is 10.2. The number of piperidine rings is 1. The molecular formula is C24H30N6O. The zero-order valence-corrected chi connectivity index (χ0v) is 18.7. The Morgan fingerprint density at radius 3 is 2.55 bits per heavy atom. The van der Waals surface area contributed by atoms with Crippen LogP contribution in [0.25, 0.3) is 5.69 Å². The van der Waals surface area contributed by atoms with Crippen molar-refractivity contribution in [3.05, 3.63) is 60.2 Å². The highest BCUT2D eigenvalue weighted by molar-refractivity contribution is 5.92. The van der Waals surface area contributed by atoms with Gasteiger partial charge in [0.05, 0.1) is 17.6 Å². The molecule has 7 nitrogen and oxygen atoms in total. The Kier molecular flexibility index (Phi) is 5.76. The molecule has 162 valence electrons. The van der Waals surface area contributed by atoms with Crippen LogP contribution < -0.4 is 10.2 Å². The third-order valence-electron chi connectivity index (χ3n) is 5.71. The van der Waals surface area contributed by atoms with E-state index in [2.05, 4.69) is 60.0 Å². The predicted octanol–water partition coefficient (Wildman–Crippen LogP) is 4.12. The van der Waals surface area contributed by atoms with E-state index >= 15 is 0 Å². The normalized spacial score (nSPS) is 15.2. The Bertz CT molecular complexity index is 1050. The smallest absolute Gasteiger partial charge is 0.228 e. The van der Waals surface area contributed by atoms with E-state index in [1.165, 1.54) is 0 Å². The lowest BCUT2D eigenvalue weighted by atomic mass is 9.92. The van der Waals surface area contributed by atoms with Crippen LogP contribution in [-0.2, 0) is 10.2 Å². The van der Waals surface area contributed by atoms with Crippen molar-refractivity contribution in [3.63, 3.8) is 0 Å². The first kappa shape index (κ1) is 21.0. The largest absolute Gasteiger partial charge is 0.355 e. The molecule has 3 heterocycles. The number of carbonyl (C=O) groups is 1. The summed E-state index contributed by atoms with van der Waals surface area (Å²) in [5.74, 6) is 1.60. The van der Waals surface area contributed by atoms with Crippen LogP contribution >= 0.6 is 0 Å². The van der Waals surface area contributed by atoms with Gasteiger partial charge in [0, 0.05) is 42.9 Å². The molecule has 31 heavy (non-hydrogen) atoms. The van der Waals surface area contributed by atoms with Gasteiger partial charge < -0.3 is 10.2 Å². The number of benzene rings is 1. The number of hydrogen-bond donors (Lipinski definition) is 1. The molecule has 1 saturated heterocycles. The molecule has 0 saturated carbocycles. The minimum Gasteiger partial charge on any atom is -0.355 e. The molecule has 0 bridgehead atoms. The molecular weight excluding hydrogens is 388 g/mol. The Morgan fingerprint density at radius 1 is 1.13 bits per heavy atom. The molecule has 7 heteroatoms. The van der Waals surface area contributed by atoms with E-state index in [1.807, 2.05) is 22.9 Å². The molecule has 0 unspecified atom stereocenters. The van der Waals surface area contributed by atoms with E-state index in [0.29, 0.717) is 0 Å². The highest BCUT2D eigenvalue weighted by atomic mass is 16.2. The van der Waals surface area contributed by atoms with Gasteiger partial charge >= 0.3 is 0 Å². The summed E-state index contributed by atoms with van der Waals surface area (Å²) in [7, 11) is 0. The lowest BCUT2D eigenvalue weighted by molar-refractivity contribution is -0.120. The molecule has 1 N–H and O–H groups in total. The molecule has 0 spiro atoms. The van der Waals surface area contributed by atoms with E-state index in [4.69, 9.17) is 5.10 Å². The summed E-state index contributed by atoms with van der Waals surface area (Å²) in [5.41, 5.74) is 2.93. The van der Waals surface area contributed by atoms with Gasteiger partial charge in [0.1, 0.15) is 11.6 Å². The Hall–Kier alpha value is -3.22. The van der Waals surface area contributed by atoms with Gasteiger partial charge in [-0.05, 0) is 37.5 Å². The summed E-state index contributed by atoms with van der Waals surface area (Å²) in [6.45, 7) is 10.0. The fourth-order valence-corrected chi connectivity index (χ4v) is 3.85. The van der Waals surface area contributed by atoms with Crippen molar-refractivity contribution >= 4 is 17.5 Å². The summed E-state index contributed by atoms with van der Waals surface area (Å²) < 4.78 is 1.85. The van der Waals surface area contributed by atoms with Gasteiger partial charge in [-0.2, -0.15) is 5.10 Å². The molecule has 1 aromatic carbocycles. The van der Waals surface area contributed by atoms with Crippen molar-refractivity contribution in [2.45, 2.75) is 46.0 Å². The van der Waals surface area contributed by atoms with Crippen molar-refractivity contribution in [2.75, 3.05) is 23.3 Å². The van der Waals surface area contributed by atoms with E-state index in [1.54, 1.807) is 18.6 Å². The second-order valence-corrected chi connectivity index (χ2v) is 9.23. The third-order valence-corrected chi connectivity index (χ3v) is 5.71. The quantitative estimate of drug-likeness (QED) is 0.690. The number of aromatic nitrogens is 4. The second-order valence-electron chi connectivity index (χ2n) is 9.23. The number of nitrogens with zero attached hydrogens (tertiary/aromatic N) is 5. The Labute approximate surface area is 183 Å². The van der Waals surface area contributed by atoms with E-state index < -0.39 is 0 Å². The standard InChI is InChI=1S/C24H30N6O/c1-17-6-5-7-19(14-17)30-21(15-20(28-30)24(2,3)4)27-23(31)18-8-12-29(13-9-18)22-16-25-10-11-26-22/h5-7,10-11,14-16,18H,8-9,12-13H2,1-4H3,(H,27,31). The van der Waals surface area contributed by atoms with Gasteiger partial charge in [0.15, 0.2) is 0 Å². The monoisotopic (exact) mass is 418 g/mol. The van der Waals surface area contributed by atoms with Gasteiger partial charge in [0.2, 0.25) is 5.91 Å². The summed E-state index contributed by atoms with van der Waals surface area (Å²) in [6.07, 6.45) is 6.72. The van der Waals surface area contributed by atoms with Gasteiger partial charge in [-0.15, -0.1) is 0 Å². The van der Waals surface area contributed by atoms with Crippen LogP contribution in [-0.4, -0.2) is 38.7 Å². The molecule has 2 aromatic heterocycles. The molecule has 1 fully saturated rings. The summed E-state index contributed by atoms with van der Waals surface area (Å²) in [4.78, 5) is 23.8. The predicted molar refractivity (Wildman–Crippen MR) is 123 cm³/mol. The first-order chi connectivity index (χ1) is 14.8. The molecule has 0 radical (unpaired) electrons. The zero-order chi connectivity index (χ0) is 22.0. The van der Waals surface area contributed by atoms with Crippen molar-refractivity contribution in [1.82, 2.24) is 19.7 Å². The molecule has 1 aliphatic rings. The van der Waals surface area contributed by atoms with E-state index in [-0.39, 0.29) is 17.2 Å². The fourth-order valence-electron chi connectivity index (χ4n) is 3.85. The summed E-state index contributed by atoms with van der Waals surface area (Å²) in [5, 5.41) is 7.98. The fraction of sp³-hybridized carbons (Fsp3) is 0.417. The number of rotatable bonds is 4. The van der Waals surface area contributed by atoms with Crippen LogP contribution in [0.15, 0.2) is 48.9 Å². The second kappa shape index (κ2) is 8.49. The maximum atomic E-state index is 13.1. The van der Waals surface area contributed by atoms with Crippen LogP contribution in [0.3, 0.4) is 0 Å². The minimum absolute atomic E-state index is 0.0353. The Balaban J connectivity index is 1.51.